The predicted molar refractivity (Wildman–Crippen MR) is 96.7 cm³/mol. The molecule has 0 amide bonds. The van der Waals surface area contributed by atoms with Gasteiger partial charge in [-0.2, -0.15) is 0 Å². The van der Waals surface area contributed by atoms with Crippen molar-refractivity contribution >= 4 is 16.9 Å². The summed E-state index contributed by atoms with van der Waals surface area (Å²) in [7, 11) is 0. The first kappa shape index (κ1) is 14.8. The second kappa shape index (κ2) is 6.00. The Balaban J connectivity index is 1.80. The van der Waals surface area contributed by atoms with Crippen molar-refractivity contribution in [1.29, 1.82) is 0 Å². The second-order valence-electron chi connectivity index (χ2n) is 6.25. The number of hydrogen-bond donors (Lipinski definition) is 0. The monoisotopic (exact) mass is 323 g/mol. The summed E-state index contributed by atoms with van der Waals surface area (Å²) in [5, 5.41) is 1.19. The van der Waals surface area contributed by atoms with Gasteiger partial charge in [0.1, 0.15) is 6.04 Å². The number of aliphatic imine (C=N–C) groups is 1. The number of fused-ring (bicyclic) bond motifs is 1. The molecule has 3 nitrogen and oxygen atoms in total. The molecule has 0 N–H and O–H groups in total. The Bertz CT molecular complexity index is 728. The van der Waals surface area contributed by atoms with Crippen molar-refractivity contribution in [2.45, 2.75) is 38.4 Å². The maximum absolute atomic E-state index is 5.05. The molecule has 3 heterocycles. The second-order valence-corrected chi connectivity index (χ2v) is 7.24. The van der Waals surface area contributed by atoms with Crippen LogP contribution in [0.3, 0.4) is 0 Å². The van der Waals surface area contributed by atoms with Crippen molar-refractivity contribution in [2.24, 2.45) is 4.99 Å². The lowest BCUT2D eigenvalue weighted by atomic mass is 9.94. The number of thioether (sulfide) groups is 1. The van der Waals surface area contributed by atoms with Gasteiger partial charge in [0.25, 0.3) is 0 Å². The number of amidine groups is 1. The fraction of sp³-hybridized carbons (Fsp3) is 0.368. The summed E-state index contributed by atoms with van der Waals surface area (Å²) < 4.78 is 0. The minimum atomic E-state index is 0.0925. The average molecular weight is 323 g/mol. The van der Waals surface area contributed by atoms with Crippen molar-refractivity contribution in [2.75, 3.05) is 5.75 Å². The molecule has 0 spiro atoms. The van der Waals surface area contributed by atoms with Gasteiger partial charge in [-0.25, -0.2) is 0 Å². The van der Waals surface area contributed by atoms with E-state index in [9.17, 15) is 0 Å². The summed E-state index contributed by atoms with van der Waals surface area (Å²) in [6, 6.07) is 15.9. The molecule has 2 aromatic rings. The number of benzene rings is 1. The molecule has 1 aromatic heterocycles. The largest absolute Gasteiger partial charge is 0.338 e. The lowest BCUT2D eigenvalue weighted by Crippen LogP contribution is -2.35. The number of rotatable bonds is 3. The Morgan fingerprint density at radius 3 is 2.87 bits per heavy atom. The van der Waals surface area contributed by atoms with Crippen LogP contribution in [0, 0.1) is 6.92 Å². The van der Waals surface area contributed by atoms with E-state index in [1.54, 1.807) is 0 Å². The van der Waals surface area contributed by atoms with Crippen LogP contribution in [-0.4, -0.2) is 26.8 Å². The first-order valence-electron chi connectivity index (χ1n) is 8.24. The predicted octanol–water partition coefficient (Wildman–Crippen LogP) is 4.37. The van der Waals surface area contributed by atoms with Crippen molar-refractivity contribution in [1.82, 2.24) is 9.88 Å². The third kappa shape index (κ3) is 2.55. The van der Waals surface area contributed by atoms with Gasteiger partial charge in [-0.05, 0) is 31.0 Å². The first-order chi connectivity index (χ1) is 11.3. The summed E-state index contributed by atoms with van der Waals surface area (Å²) in [5.74, 6) is 1.15. The molecule has 0 radical (unpaired) electrons. The fourth-order valence-electron chi connectivity index (χ4n) is 3.56. The van der Waals surface area contributed by atoms with Crippen LogP contribution in [0.2, 0.25) is 0 Å². The van der Waals surface area contributed by atoms with E-state index in [4.69, 9.17) is 4.99 Å². The van der Waals surface area contributed by atoms with Crippen LogP contribution in [0.15, 0.2) is 53.7 Å². The molecule has 2 aliphatic rings. The topological polar surface area (TPSA) is 28.5 Å². The van der Waals surface area contributed by atoms with Crippen LogP contribution in [0.25, 0.3) is 0 Å². The van der Waals surface area contributed by atoms with Crippen LogP contribution in [0.4, 0.5) is 0 Å². The molecule has 118 valence electrons. The zero-order valence-electron chi connectivity index (χ0n) is 13.5. The van der Waals surface area contributed by atoms with Crippen LogP contribution in [0.1, 0.15) is 42.2 Å². The van der Waals surface area contributed by atoms with Crippen molar-refractivity contribution < 1.29 is 0 Å². The molecule has 2 aliphatic heterocycles. The molecule has 4 rings (SSSR count). The number of aryl methyl sites for hydroxylation is 1. The van der Waals surface area contributed by atoms with Crippen LogP contribution in [0.5, 0.6) is 0 Å². The maximum atomic E-state index is 5.05. The van der Waals surface area contributed by atoms with Gasteiger partial charge in [-0.15, -0.1) is 0 Å². The molecule has 0 unspecified atom stereocenters. The molecule has 0 aliphatic carbocycles. The molecule has 4 heteroatoms. The van der Waals surface area contributed by atoms with E-state index in [2.05, 4.69) is 60.1 Å². The van der Waals surface area contributed by atoms with E-state index in [1.807, 2.05) is 24.0 Å². The molecule has 1 saturated heterocycles. The smallest absolute Gasteiger partial charge is 0.160 e. The third-order valence-electron chi connectivity index (χ3n) is 4.71. The third-order valence-corrected chi connectivity index (χ3v) is 5.84. The van der Waals surface area contributed by atoms with Crippen LogP contribution < -0.4 is 0 Å². The lowest BCUT2D eigenvalue weighted by molar-refractivity contribution is 0.255. The Hall–Kier alpha value is -1.81. The SMILES string of the molecule is CC[C@@H]1CSC2=N[C@@H](c3ccccn3)[C@H](c3cccc(C)c3)N21. The van der Waals surface area contributed by atoms with E-state index in [0.717, 1.165) is 17.9 Å². The van der Waals surface area contributed by atoms with Gasteiger partial charge in [-0.3, -0.25) is 9.98 Å². The molecule has 1 fully saturated rings. The van der Waals surface area contributed by atoms with E-state index in [-0.39, 0.29) is 12.1 Å². The van der Waals surface area contributed by atoms with Crippen molar-refractivity contribution in [3.05, 3.63) is 65.5 Å². The van der Waals surface area contributed by atoms with Gasteiger partial charge < -0.3 is 4.90 Å². The Labute approximate surface area is 141 Å². The highest BCUT2D eigenvalue weighted by Crippen LogP contribution is 2.48. The molecule has 0 bridgehead atoms. The molecule has 3 atom stereocenters. The Kier molecular flexibility index (Phi) is 3.85. The quantitative estimate of drug-likeness (QED) is 0.840. The summed E-state index contributed by atoms with van der Waals surface area (Å²) >= 11 is 1.89. The van der Waals surface area contributed by atoms with Gasteiger partial charge in [0, 0.05) is 18.0 Å². The highest BCUT2D eigenvalue weighted by molar-refractivity contribution is 8.14. The number of nitrogens with zero attached hydrogens (tertiary/aromatic N) is 3. The minimum absolute atomic E-state index is 0.0925. The summed E-state index contributed by atoms with van der Waals surface area (Å²) in [5.41, 5.74) is 3.72. The lowest BCUT2D eigenvalue weighted by Gasteiger charge is -2.32. The van der Waals surface area contributed by atoms with E-state index < -0.39 is 0 Å². The summed E-state index contributed by atoms with van der Waals surface area (Å²) in [6.45, 7) is 4.43. The zero-order valence-corrected chi connectivity index (χ0v) is 14.3. The number of pyridine rings is 1. The number of hydrogen-bond acceptors (Lipinski definition) is 4. The van der Waals surface area contributed by atoms with E-state index in [0.29, 0.717) is 6.04 Å². The Morgan fingerprint density at radius 1 is 1.22 bits per heavy atom. The minimum Gasteiger partial charge on any atom is -0.338 e. The van der Waals surface area contributed by atoms with E-state index in [1.165, 1.54) is 16.3 Å². The van der Waals surface area contributed by atoms with Gasteiger partial charge in [0.05, 0.1) is 11.7 Å². The maximum Gasteiger partial charge on any atom is 0.160 e. The number of aromatic nitrogens is 1. The fourth-order valence-corrected chi connectivity index (χ4v) is 4.90. The summed E-state index contributed by atoms with van der Waals surface area (Å²) in [4.78, 5) is 12.2. The van der Waals surface area contributed by atoms with E-state index >= 15 is 0 Å². The van der Waals surface area contributed by atoms with Crippen LogP contribution in [-0.2, 0) is 0 Å². The van der Waals surface area contributed by atoms with Crippen LogP contribution >= 0.6 is 11.8 Å². The zero-order chi connectivity index (χ0) is 15.8. The van der Waals surface area contributed by atoms with Gasteiger partial charge in [0.2, 0.25) is 0 Å². The molecule has 23 heavy (non-hydrogen) atoms. The average Bonchev–Trinajstić information content (AvgIpc) is 3.14. The summed E-state index contributed by atoms with van der Waals surface area (Å²) in [6.07, 6.45) is 3.03. The standard InChI is InChI=1S/C19H21N3S/c1-3-15-12-23-19-21-17(16-9-4-5-10-20-16)18(22(15)19)14-8-6-7-13(2)11-14/h4-11,15,17-18H,3,12H2,1-2H3/t15-,17+,18+/m1/s1. The highest BCUT2D eigenvalue weighted by atomic mass is 32.2. The normalized spacial score (nSPS) is 26.3. The van der Waals surface area contributed by atoms with Gasteiger partial charge in [0.15, 0.2) is 5.17 Å². The Morgan fingerprint density at radius 2 is 2.13 bits per heavy atom. The van der Waals surface area contributed by atoms with Gasteiger partial charge in [-0.1, -0.05) is 54.6 Å². The molecule has 0 saturated carbocycles. The first-order valence-corrected chi connectivity index (χ1v) is 9.23. The molecule has 1 aromatic carbocycles. The van der Waals surface area contributed by atoms with Crippen molar-refractivity contribution in [3.63, 3.8) is 0 Å². The van der Waals surface area contributed by atoms with Crippen molar-refractivity contribution in [3.8, 4) is 0 Å². The highest BCUT2D eigenvalue weighted by Gasteiger charge is 2.45. The molecular weight excluding hydrogens is 302 g/mol. The van der Waals surface area contributed by atoms with Gasteiger partial charge >= 0.3 is 0 Å². The molecular formula is C19H21N3S.